The van der Waals surface area contributed by atoms with Crippen molar-refractivity contribution in [3.63, 3.8) is 0 Å². The van der Waals surface area contributed by atoms with Crippen LogP contribution in [0.25, 0.3) is 0 Å². The lowest BCUT2D eigenvalue weighted by molar-refractivity contribution is -0.124. The van der Waals surface area contributed by atoms with Gasteiger partial charge in [0, 0.05) is 25.2 Å². The maximum absolute atomic E-state index is 11.3. The van der Waals surface area contributed by atoms with Crippen LogP contribution in [0.5, 0.6) is 0 Å². The SMILES string of the molecule is NCC#Cc1ccc(CN2CCNC(=O)C2)cc1. The molecule has 0 unspecified atom stereocenters. The fraction of sp³-hybridized carbons (Fsp3) is 0.357. The van der Waals surface area contributed by atoms with E-state index in [1.807, 2.05) is 24.3 Å². The van der Waals surface area contributed by atoms with Crippen molar-refractivity contribution in [3.8, 4) is 11.8 Å². The van der Waals surface area contributed by atoms with E-state index in [1.54, 1.807) is 0 Å². The van der Waals surface area contributed by atoms with Gasteiger partial charge in [-0.05, 0) is 17.7 Å². The Kier molecular flexibility index (Phi) is 4.35. The first-order valence-corrected chi connectivity index (χ1v) is 6.05. The van der Waals surface area contributed by atoms with Gasteiger partial charge in [-0.25, -0.2) is 0 Å². The molecule has 94 valence electrons. The Hall–Kier alpha value is -1.83. The summed E-state index contributed by atoms with van der Waals surface area (Å²) in [5.74, 6) is 5.92. The number of nitrogens with two attached hydrogens (primary N) is 1. The first kappa shape index (κ1) is 12.6. The number of piperazine rings is 1. The highest BCUT2D eigenvalue weighted by atomic mass is 16.2. The zero-order chi connectivity index (χ0) is 12.8. The van der Waals surface area contributed by atoms with Crippen LogP contribution in [-0.2, 0) is 11.3 Å². The average molecular weight is 243 g/mol. The van der Waals surface area contributed by atoms with Crippen LogP contribution in [0.1, 0.15) is 11.1 Å². The average Bonchev–Trinajstić information content (AvgIpc) is 2.38. The third kappa shape index (κ3) is 3.59. The lowest BCUT2D eigenvalue weighted by Gasteiger charge is -2.26. The molecule has 3 N–H and O–H groups in total. The van der Waals surface area contributed by atoms with Gasteiger partial charge in [0.25, 0.3) is 0 Å². The zero-order valence-corrected chi connectivity index (χ0v) is 10.3. The fourth-order valence-corrected chi connectivity index (χ4v) is 1.93. The highest BCUT2D eigenvalue weighted by molar-refractivity contribution is 5.78. The molecule has 1 aliphatic heterocycles. The summed E-state index contributed by atoms with van der Waals surface area (Å²) in [6.07, 6.45) is 0. The second-order valence-electron chi connectivity index (χ2n) is 4.26. The van der Waals surface area contributed by atoms with Crippen molar-refractivity contribution in [2.45, 2.75) is 6.54 Å². The Labute approximate surface area is 107 Å². The molecule has 0 atom stereocenters. The van der Waals surface area contributed by atoms with Crippen LogP contribution < -0.4 is 11.1 Å². The van der Waals surface area contributed by atoms with E-state index in [1.165, 1.54) is 5.56 Å². The molecule has 0 spiro atoms. The summed E-state index contributed by atoms with van der Waals surface area (Å²) < 4.78 is 0. The number of carbonyl (C=O) groups is 1. The summed E-state index contributed by atoms with van der Waals surface area (Å²) in [4.78, 5) is 13.4. The van der Waals surface area contributed by atoms with E-state index in [0.717, 1.165) is 25.2 Å². The Bertz CT molecular complexity index is 470. The van der Waals surface area contributed by atoms with E-state index >= 15 is 0 Å². The first-order chi connectivity index (χ1) is 8.78. The highest BCUT2D eigenvalue weighted by Crippen LogP contribution is 2.07. The smallest absolute Gasteiger partial charge is 0.234 e. The summed E-state index contributed by atoms with van der Waals surface area (Å²) in [6, 6.07) is 8.07. The molecule has 18 heavy (non-hydrogen) atoms. The number of carbonyl (C=O) groups excluding carboxylic acids is 1. The van der Waals surface area contributed by atoms with E-state index in [-0.39, 0.29) is 5.91 Å². The van der Waals surface area contributed by atoms with Crippen molar-refractivity contribution in [1.82, 2.24) is 10.2 Å². The minimum atomic E-state index is 0.103. The molecule has 1 saturated heterocycles. The van der Waals surface area contributed by atoms with Gasteiger partial charge in [-0.3, -0.25) is 9.69 Å². The summed E-state index contributed by atoms with van der Waals surface area (Å²) in [5.41, 5.74) is 7.49. The van der Waals surface area contributed by atoms with Crippen LogP contribution in [0, 0.1) is 11.8 Å². The second kappa shape index (κ2) is 6.20. The number of hydrogen-bond acceptors (Lipinski definition) is 3. The topological polar surface area (TPSA) is 58.4 Å². The Morgan fingerprint density at radius 1 is 1.33 bits per heavy atom. The normalized spacial score (nSPS) is 15.7. The minimum absolute atomic E-state index is 0.103. The molecule has 1 fully saturated rings. The second-order valence-corrected chi connectivity index (χ2v) is 4.26. The standard InChI is InChI=1S/C14H17N3O/c15-7-1-2-12-3-5-13(6-4-12)10-17-9-8-16-14(18)11-17/h3-6H,7-11,15H2,(H,16,18). The minimum Gasteiger partial charge on any atom is -0.354 e. The number of nitrogens with zero attached hydrogens (tertiary/aromatic N) is 1. The molecular formula is C14H17N3O. The lowest BCUT2D eigenvalue weighted by atomic mass is 10.1. The third-order valence-corrected chi connectivity index (χ3v) is 2.81. The molecule has 2 rings (SSSR count). The molecule has 0 saturated carbocycles. The summed E-state index contributed by atoms with van der Waals surface area (Å²) in [5, 5.41) is 2.82. The van der Waals surface area contributed by atoms with Crippen molar-refractivity contribution < 1.29 is 4.79 Å². The Morgan fingerprint density at radius 2 is 2.11 bits per heavy atom. The summed E-state index contributed by atoms with van der Waals surface area (Å²) in [7, 11) is 0. The van der Waals surface area contributed by atoms with Crippen LogP contribution in [0.2, 0.25) is 0 Å². The summed E-state index contributed by atoms with van der Waals surface area (Å²) in [6.45, 7) is 3.30. The van der Waals surface area contributed by atoms with Gasteiger partial charge in [-0.15, -0.1) is 0 Å². The molecule has 1 aromatic carbocycles. The van der Waals surface area contributed by atoms with Gasteiger partial charge in [0.2, 0.25) is 5.91 Å². The molecule has 0 bridgehead atoms. The van der Waals surface area contributed by atoms with Crippen molar-refractivity contribution >= 4 is 5.91 Å². The van der Waals surface area contributed by atoms with E-state index in [4.69, 9.17) is 5.73 Å². The Balaban J connectivity index is 1.95. The maximum Gasteiger partial charge on any atom is 0.234 e. The van der Waals surface area contributed by atoms with Gasteiger partial charge in [0.15, 0.2) is 0 Å². The van der Waals surface area contributed by atoms with Gasteiger partial charge in [-0.1, -0.05) is 24.0 Å². The van der Waals surface area contributed by atoms with Gasteiger partial charge >= 0.3 is 0 Å². The number of benzene rings is 1. The quantitative estimate of drug-likeness (QED) is 0.715. The van der Waals surface area contributed by atoms with E-state index in [0.29, 0.717) is 13.1 Å². The van der Waals surface area contributed by atoms with Crippen LogP contribution >= 0.6 is 0 Å². The molecule has 1 aliphatic rings. The largest absolute Gasteiger partial charge is 0.354 e. The number of rotatable bonds is 2. The molecule has 0 aliphatic carbocycles. The lowest BCUT2D eigenvalue weighted by Crippen LogP contribution is -2.47. The molecule has 0 radical (unpaired) electrons. The third-order valence-electron chi connectivity index (χ3n) is 2.81. The maximum atomic E-state index is 11.3. The van der Waals surface area contributed by atoms with E-state index in [9.17, 15) is 4.79 Å². The molecule has 1 aromatic rings. The monoisotopic (exact) mass is 243 g/mol. The van der Waals surface area contributed by atoms with Crippen molar-refractivity contribution in [2.75, 3.05) is 26.2 Å². The van der Waals surface area contributed by atoms with Crippen LogP contribution in [-0.4, -0.2) is 37.0 Å². The highest BCUT2D eigenvalue weighted by Gasteiger charge is 2.15. The van der Waals surface area contributed by atoms with Gasteiger partial charge in [0.05, 0.1) is 13.1 Å². The van der Waals surface area contributed by atoms with Gasteiger partial charge in [0.1, 0.15) is 0 Å². The molecule has 4 heteroatoms. The predicted octanol–water partition coefficient (Wildman–Crippen LogP) is -0.0714. The van der Waals surface area contributed by atoms with Gasteiger partial charge in [-0.2, -0.15) is 0 Å². The number of nitrogens with one attached hydrogen (secondary N) is 1. The number of hydrogen-bond donors (Lipinski definition) is 2. The fourth-order valence-electron chi connectivity index (χ4n) is 1.93. The van der Waals surface area contributed by atoms with E-state index < -0.39 is 0 Å². The molecule has 1 heterocycles. The molecule has 0 aromatic heterocycles. The molecular weight excluding hydrogens is 226 g/mol. The molecule has 4 nitrogen and oxygen atoms in total. The van der Waals surface area contributed by atoms with Crippen molar-refractivity contribution in [2.24, 2.45) is 5.73 Å². The van der Waals surface area contributed by atoms with Crippen LogP contribution in [0.3, 0.4) is 0 Å². The van der Waals surface area contributed by atoms with Crippen molar-refractivity contribution in [3.05, 3.63) is 35.4 Å². The van der Waals surface area contributed by atoms with Crippen LogP contribution in [0.4, 0.5) is 0 Å². The Morgan fingerprint density at radius 3 is 2.78 bits per heavy atom. The van der Waals surface area contributed by atoms with Crippen molar-refractivity contribution in [1.29, 1.82) is 0 Å². The predicted molar refractivity (Wildman–Crippen MR) is 70.7 cm³/mol. The first-order valence-electron chi connectivity index (χ1n) is 6.05. The zero-order valence-electron chi connectivity index (χ0n) is 10.3. The summed E-state index contributed by atoms with van der Waals surface area (Å²) >= 11 is 0. The molecule has 1 amide bonds. The van der Waals surface area contributed by atoms with Crippen LogP contribution in [0.15, 0.2) is 24.3 Å². The van der Waals surface area contributed by atoms with E-state index in [2.05, 4.69) is 22.1 Å². The van der Waals surface area contributed by atoms with Gasteiger partial charge < -0.3 is 11.1 Å². The number of amides is 1.